The molecule has 0 radical (unpaired) electrons. The predicted molar refractivity (Wildman–Crippen MR) is 110 cm³/mol. The number of amides is 2. The van der Waals surface area contributed by atoms with Crippen LogP contribution >= 0.6 is 0 Å². The highest BCUT2D eigenvalue weighted by molar-refractivity contribution is 5.76. The Morgan fingerprint density at radius 1 is 1.25 bits per heavy atom. The molecule has 1 aliphatic heterocycles. The maximum Gasteiger partial charge on any atom is 0.410 e. The third-order valence-corrected chi connectivity index (χ3v) is 4.90. The van der Waals surface area contributed by atoms with Crippen LogP contribution in [0.25, 0.3) is 0 Å². The zero-order valence-electron chi connectivity index (χ0n) is 17.8. The third kappa shape index (κ3) is 7.06. The molecule has 2 amide bonds. The van der Waals surface area contributed by atoms with Gasteiger partial charge in [-0.05, 0) is 70.6 Å². The second-order valence-electron chi connectivity index (χ2n) is 8.54. The molecule has 0 saturated carbocycles. The van der Waals surface area contributed by atoms with Crippen LogP contribution in [0.4, 0.5) is 4.79 Å². The average molecular weight is 391 g/mol. The third-order valence-electron chi connectivity index (χ3n) is 4.90. The number of ether oxygens (including phenoxy) is 2. The topological polar surface area (TPSA) is 67.9 Å². The highest BCUT2D eigenvalue weighted by Gasteiger charge is 2.27. The lowest BCUT2D eigenvalue weighted by atomic mass is 9.98. The molecular weight excluding hydrogens is 356 g/mol. The first-order chi connectivity index (χ1) is 13.2. The first-order valence-corrected chi connectivity index (χ1v) is 10.1. The SMILES string of the molecule is Cc1cccc(OCCC(=O)NCC2CCCN(C(=O)OC(C)(C)C)C2)c1C. The fourth-order valence-corrected chi connectivity index (χ4v) is 3.20. The van der Waals surface area contributed by atoms with Crippen LogP contribution in [0.2, 0.25) is 0 Å². The van der Waals surface area contributed by atoms with Crippen molar-refractivity contribution in [2.24, 2.45) is 5.92 Å². The molecule has 1 saturated heterocycles. The van der Waals surface area contributed by atoms with Crippen LogP contribution < -0.4 is 10.1 Å². The molecule has 0 bridgehead atoms. The molecule has 156 valence electrons. The Balaban J connectivity index is 1.70. The second-order valence-corrected chi connectivity index (χ2v) is 8.54. The van der Waals surface area contributed by atoms with Crippen LogP contribution in [-0.4, -0.2) is 48.7 Å². The van der Waals surface area contributed by atoms with E-state index in [1.807, 2.05) is 52.8 Å². The van der Waals surface area contributed by atoms with E-state index < -0.39 is 5.60 Å². The van der Waals surface area contributed by atoms with Crippen molar-refractivity contribution in [3.8, 4) is 5.75 Å². The summed E-state index contributed by atoms with van der Waals surface area (Å²) in [6.07, 6.45) is 1.97. The number of hydrogen-bond acceptors (Lipinski definition) is 4. The zero-order valence-corrected chi connectivity index (χ0v) is 17.8. The number of likely N-dealkylation sites (tertiary alicyclic amines) is 1. The monoisotopic (exact) mass is 390 g/mol. The standard InChI is InChI=1S/C22H34N2O4/c1-16-8-6-10-19(17(16)2)27-13-11-20(25)23-14-18-9-7-12-24(15-18)21(26)28-22(3,4)5/h6,8,10,18H,7,9,11-15H2,1-5H3,(H,23,25). The fraction of sp³-hybridized carbons (Fsp3) is 0.636. The van der Waals surface area contributed by atoms with Gasteiger partial charge < -0.3 is 19.7 Å². The van der Waals surface area contributed by atoms with Crippen molar-refractivity contribution < 1.29 is 19.1 Å². The predicted octanol–water partition coefficient (Wildman–Crippen LogP) is 3.84. The number of aryl methyl sites for hydroxylation is 1. The first kappa shape index (κ1) is 22.1. The molecule has 0 aromatic heterocycles. The van der Waals surface area contributed by atoms with Crippen molar-refractivity contribution in [3.63, 3.8) is 0 Å². The van der Waals surface area contributed by atoms with E-state index in [-0.39, 0.29) is 17.9 Å². The lowest BCUT2D eigenvalue weighted by molar-refractivity contribution is -0.121. The molecule has 6 heteroatoms. The van der Waals surface area contributed by atoms with Crippen LogP contribution in [0.3, 0.4) is 0 Å². The molecule has 1 aromatic carbocycles. The summed E-state index contributed by atoms with van der Waals surface area (Å²) in [4.78, 5) is 26.1. The van der Waals surface area contributed by atoms with Gasteiger partial charge in [-0.1, -0.05) is 12.1 Å². The van der Waals surface area contributed by atoms with E-state index in [2.05, 4.69) is 5.32 Å². The highest BCUT2D eigenvalue weighted by Crippen LogP contribution is 2.21. The quantitative estimate of drug-likeness (QED) is 0.801. The van der Waals surface area contributed by atoms with Gasteiger partial charge in [-0.3, -0.25) is 4.79 Å². The van der Waals surface area contributed by atoms with E-state index in [4.69, 9.17) is 9.47 Å². The Labute approximate surface area is 168 Å². The summed E-state index contributed by atoms with van der Waals surface area (Å²) in [5.74, 6) is 1.05. The number of rotatable bonds is 6. The van der Waals surface area contributed by atoms with Crippen molar-refractivity contribution >= 4 is 12.0 Å². The summed E-state index contributed by atoms with van der Waals surface area (Å²) >= 11 is 0. The van der Waals surface area contributed by atoms with Gasteiger partial charge in [0, 0.05) is 19.6 Å². The molecule has 1 N–H and O–H groups in total. The first-order valence-electron chi connectivity index (χ1n) is 10.1. The number of benzene rings is 1. The molecule has 1 atom stereocenters. The van der Waals surface area contributed by atoms with E-state index in [1.54, 1.807) is 4.90 Å². The van der Waals surface area contributed by atoms with E-state index in [0.717, 1.165) is 24.2 Å². The minimum Gasteiger partial charge on any atom is -0.493 e. The highest BCUT2D eigenvalue weighted by atomic mass is 16.6. The van der Waals surface area contributed by atoms with Crippen molar-refractivity contribution in [1.82, 2.24) is 10.2 Å². The van der Waals surface area contributed by atoms with E-state index >= 15 is 0 Å². The Bertz CT molecular complexity index is 682. The normalized spacial score (nSPS) is 17.2. The van der Waals surface area contributed by atoms with E-state index in [9.17, 15) is 9.59 Å². The van der Waals surface area contributed by atoms with Crippen molar-refractivity contribution in [2.45, 2.75) is 59.5 Å². The van der Waals surface area contributed by atoms with Gasteiger partial charge in [-0.15, -0.1) is 0 Å². The smallest absolute Gasteiger partial charge is 0.410 e. The molecule has 1 aromatic rings. The van der Waals surface area contributed by atoms with Crippen molar-refractivity contribution in [3.05, 3.63) is 29.3 Å². The molecule has 1 fully saturated rings. The molecule has 1 aliphatic rings. The van der Waals surface area contributed by atoms with Gasteiger partial charge in [0.25, 0.3) is 0 Å². The zero-order chi connectivity index (χ0) is 20.7. The van der Waals surface area contributed by atoms with Crippen LogP contribution in [0.15, 0.2) is 18.2 Å². The van der Waals surface area contributed by atoms with Crippen LogP contribution in [0.5, 0.6) is 5.75 Å². The van der Waals surface area contributed by atoms with Crippen LogP contribution in [0, 0.1) is 19.8 Å². The van der Waals surface area contributed by atoms with Gasteiger partial charge in [0.15, 0.2) is 0 Å². The summed E-state index contributed by atoms with van der Waals surface area (Å²) < 4.78 is 11.2. The Hall–Kier alpha value is -2.24. The number of hydrogen-bond donors (Lipinski definition) is 1. The maximum absolute atomic E-state index is 12.2. The summed E-state index contributed by atoms with van der Waals surface area (Å²) in [5, 5.41) is 2.97. The lowest BCUT2D eigenvalue weighted by Crippen LogP contribution is -2.45. The van der Waals surface area contributed by atoms with E-state index in [1.165, 1.54) is 5.56 Å². The average Bonchev–Trinajstić information content (AvgIpc) is 2.62. The Morgan fingerprint density at radius 3 is 2.71 bits per heavy atom. The number of nitrogens with zero attached hydrogens (tertiary/aromatic N) is 1. The number of carbonyl (C=O) groups excluding carboxylic acids is 2. The number of piperidine rings is 1. The van der Waals surface area contributed by atoms with Gasteiger partial charge in [-0.2, -0.15) is 0 Å². The largest absolute Gasteiger partial charge is 0.493 e. The fourth-order valence-electron chi connectivity index (χ4n) is 3.20. The number of carbonyl (C=O) groups is 2. The van der Waals surface area contributed by atoms with Gasteiger partial charge in [0.2, 0.25) is 5.91 Å². The molecule has 1 unspecified atom stereocenters. The second kappa shape index (κ2) is 9.80. The van der Waals surface area contributed by atoms with Crippen LogP contribution in [-0.2, 0) is 9.53 Å². The van der Waals surface area contributed by atoms with Crippen molar-refractivity contribution in [1.29, 1.82) is 0 Å². The van der Waals surface area contributed by atoms with Gasteiger partial charge >= 0.3 is 6.09 Å². The summed E-state index contributed by atoms with van der Waals surface area (Å²) in [5.41, 5.74) is 1.79. The molecule has 0 aliphatic carbocycles. The summed E-state index contributed by atoms with van der Waals surface area (Å²) in [6, 6.07) is 5.92. The van der Waals surface area contributed by atoms with Crippen LogP contribution in [0.1, 0.15) is 51.2 Å². The molecule has 2 rings (SSSR count). The van der Waals surface area contributed by atoms with Gasteiger partial charge in [0.05, 0.1) is 13.0 Å². The van der Waals surface area contributed by atoms with Crippen molar-refractivity contribution in [2.75, 3.05) is 26.2 Å². The van der Waals surface area contributed by atoms with Gasteiger partial charge in [0.1, 0.15) is 11.4 Å². The number of nitrogens with one attached hydrogen (secondary N) is 1. The Morgan fingerprint density at radius 2 is 2.00 bits per heavy atom. The Kier molecular flexibility index (Phi) is 7.72. The van der Waals surface area contributed by atoms with E-state index in [0.29, 0.717) is 32.7 Å². The molecular formula is C22H34N2O4. The maximum atomic E-state index is 12.2. The van der Waals surface area contributed by atoms with Gasteiger partial charge in [-0.25, -0.2) is 4.79 Å². The molecule has 28 heavy (non-hydrogen) atoms. The summed E-state index contributed by atoms with van der Waals surface area (Å²) in [7, 11) is 0. The minimum absolute atomic E-state index is 0.0281. The molecule has 1 heterocycles. The lowest BCUT2D eigenvalue weighted by Gasteiger charge is -2.34. The summed E-state index contributed by atoms with van der Waals surface area (Å²) in [6.45, 7) is 11.9. The molecule has 6 nitrogen and oxygen atoms in total. The molecule has 0 spiro atoms. The minimum atomic E-state index is -0.492.